The number of aliphatic carboxylic acids is 1. The summed E-state index contributed by atoms with van der Waals surface area (Å²) in [6, 6.07) is 13.1. The first-order valence-corrected chi connectivity index (χ1v) is 17.0. The molecule has 7 rings (SSSR count). The Morgan fingerprint density at radius 2 is 1.87 bits per heavy atom. The predicted molar refractivity (Wildman–Crippen MR) is 175 cm³/mol. The van der Waals surface area contributed by atoms with Crippen LogP contribution in [0, 0.1) is 18.8 Å². The standard InChI is InChI=1S/C35H38BrN5O5/c1-21-16-31(38-37-17-21)39-14-12-23(19-39)46-30-11-10-28(36)27-13-15-41(34(43)25-8-4-5-9-26(25)35(44)45)29(32(27)30)20-40-18-22-6-2-3-7-24(22)33(40)42/h2-3,6-7,10-11,16-17,23,25-26,29H,4-5,8-9,12-15,18-20H2,1H3,(H,44,45)/t23?,25-,26+,29-/m1/s1. The van der Waals surface area contributed by atoms with Crippen LogP contribution in [0.2, 0.25) is 0 Å². The number of hydrogen-bond donors (Lipinski definition) is 1. The second-order valence-corrected chi connectivity index (χ2v) is 13.8. The van der Waals surface area contributed by atoms with E-state index >= 15 is 0 Å². The number of amides is 2. The van der Waals surface area contributed by atoms with Gasteiger partial charge < -0.3 is 24.5 Å². The highest BCUT2D eigenvalue weighted by molar-refractivity contribution is 9.10. The first-order valence-electron chi connectivity index (χ1n) is 16.2. The van der Waals surface area contributed by atoms with Gasteiger partial charge in [-0.05, 0) is 67.1 Å². The Labute approximate surface area is 276 Å². The summed E-state index contributed by atoms with van der Waals surface area (Å²) in [4.78, 5) is 46.1. The lowest BCUT2D eigenvalue weighted by atomic mass is 9.77. The van der Waals surface area contributed by atoms with Crippen LogP contribution >= 0.6 is 15.9 Å². The molecule has 2 fully saturated rings. The normalized spacial score (nSPS) is 24.1. The summed E-state index contributed by atoms with van der Waals surface area (Å²) in [5.74, 6) is -0.863. The smallest absolute Gasteiger partial charge is 0.307 e. The lowest BCUT2D eigenvalue weighted by molar-refractivity contribution is -0.153. The van der Waals surface area contributed by atoms with Crippen molar-refractivity contribution < 1.29 is 24.2 Å². The van der Waals surface area contributed by atoms with Gasteiger partial charge in [0.1, 0.15) is 11.9 Å². The lowest BCUT2D eigenvalue weighted by Gasteiger charge is -2.43. The molecule has 1 aliphatic carbocycles. The molecule has 0 bridgehead atoms. The SMILES string of the molecule is Cc1cnnc(N2CCC(Oc3ccc(Br)c4c3[C@@H](CN3Cc5ccccc5C3=O)N(C(=O)[C@@H]3CCCC[C@@H]3C(=O)O)CC4)C2)c1. The van der Waals surface area contributed by atoms with E-state index in [1.54, 1.807) is 6.20 Å². The summed E-state index contributed by atoms with van der Waals surface area (Å²) in [5, 5.41) is 18.5. The summed E-state index contributed by atoms with van der Waals surface area (Å²) in [7, 11) is 0. The van der Waals surface area contributed by atoms with E-state index in [2.05, 4.69) is 31.0 Å². The quantitative estimate of drug-likeness (QED) is 0.362. The third-order valence-electron chi connectivity index (χ3n) is 10.1. The van der Waals surface area contributed by atoms with Gasteiger partial charge in [0.15, 0.2) is 5.82 Å². The van der Waals surface area contributed by atoms with E-state index in [1.807, 2.05) is 59.2 Å². The lowest BCUT2D eigenvalue weighted by Crippen LogP contribution is -2.50. The number of anilines is 1. The second kappa shape index (κ2) is 12.7. The molecule has 0 radical (unpaired) electrons. The van der Waals surface area contributed by atoms with Crippen molar-refractivity contribution in [3.8, 4) is 5.75 Å². The number of nitrogens with zero attached hydrogens (tertiary/aromatic N) is 5. The molecule has 1 aromatic heterocycles. The van der Waals surface area contributed by atoms with Crippen LogP contribution in [0.25, 0.3) is 0 Å². The molecule has 240 valence electrons. The van der Waals surface area contributed by atoms with Gasteiger partial charge in [-0.2, -0.15) is 5.10 Å². The minimum Gasteiger partial charge on any atom is -0.488 e. The number of carbonyl (C=O) groups is 3. The van der Waals surface area contributed by atoms with Gasteiger partial charge >= 0.3 is 5.97 Å². The second-order valence-electron chi connectivity index (χ2n) is 13.0. The van der Waals surface area contributed by atoms with Crippen LogP contribution in [0.1, 0.15) is 70.8 Å². The van der Waals surface area contributed by atoms with Gasteiger partial charge in [0, 0.05) is 48.2 Å². The largest absolute Gasteiger partial charge is 0.488 e. The fourth-order valence-electron chi connectivity index (χ4n) is 7.76. The molecule has 3 aromatic rings. The van der Waals surface area contributed by atoms with E-state index in [4.69, 9.17) is 4.74 Å². The average molecular weight is 689 g/mol. The molecule has 11 heteroatoms. The van der Waals surface area contributed by atoms with Crippen molar-refractivity contribution in [1.82, 2.24) is 20.0 Å². The number of carboxylic acid groups (broad SMARTS) is 1. The maximum Gasteiger partial charge on any atom is 0.307 e. The van der Waals surface area contributed by atoms with Gasteiger partial charge in [-0.1, -0.05) is 47.0 Å². The van der Waals surface area contributed by atoms with Crippen molar-refractivity contribution in [2.24, 2.45) is 11.8 Å². The van der Waals surface area contributed by atoms with Crippen molar-refractivity contribution in [3.05, 3.63) is 81.0 Å². The van der Waals surface area contributed by atoms with Crippen LogP contribution in [-0.2, 0) is 22.6 Å². The first kappa shape index (κ1) is 30.7. The van der Waals surface area contributed by atoms with Crippen LogP contribution in [0.5, 0.6) is 5.75 Å². The third-order valence-corrected chi connectivity index (χ3v) is 10.8. The molecule has 1 saturated carbocycles. The average Bonchev–Trinajstić information content (AvgIpc) is 3.66. The van der Waals surface area contributed by atoms with Crippen molar-refractivity contribution in [2.45, 2.75) is 64.1 Å². The highest BCUT2D eigenvalue weighted by Crippen LogP contribution is 2.44. The van der Waals surface area contributed by atoms with Crippen LogP contribution in [0.15, 0.2) is 53.1 Å². The molecule has 10 nitrogen and oxygen atoms in total. The third kappa shape index (κ3) is 5.74. The zero-order valence-corrected chi connectivity index (χ0v) is 27.5. The summed E-state index contributed by atoms with van der Waals surface area (Å²) in [6.07, 6.45) is 5.74. The number of carbonyl (C=O) groups excluding carboxylic acids is 2. The molecule has 4 aliphatic rings. The number of carboxylic acids is 1. The number of ether oxygens (including phenoxy) is 1. The highest BCUT2D eigenvalue weighted by Gasteiger charge is 2.44. The van der Waals surface area contributed by atoms with E-state index in [0.717, 1.165) is 58.4 Å². The molecule has 3 aliphatic heterocycles. The Morgan fingerprint density at radius 1 is 1.07 bits per heavy atom. The minimum atomic E-state index is -0.909. The Morgan fingerprint density at radius 3 is 2.65 bits per heavy atom. The monoisotopic (exact) mass is 687 g/mol. The van der Waals surface area contributed by atoms with Gasteiger partial charge in [0.25, 0.3) is 5.91 Å². The molecular formula is C35H38BrN5O5. The van der Waals surface area contributed by atoms with Gasteiger partial charge in [-0.3, -0.25) is 14.4 Å². The number of aryl methyl sites for hydroxylation is 1. The molecule has 4 atom stereocenters. The Bertz CT molecular complexity index is 1680. The summed E-state index contributed by atoms with van der Waals surface area (Å²) < 4.78 is 7.72. The van der Waals surface area contributed by atoms with Crippen molar-refractivity contribution >= 4 is 39.5 Å². The van der Waals surface area contributed by atoms with Gasteiger partial charge in [0.2, 0.25) is 5.91 Å². The van der Waals surface area contributed by atoms with Gasteiger partial charge in [0.05, 0.1) is 30.6 Å². The van der Waals surface area contributed by atoms with Crippen molar-refractivity contribution in [1.29, 1.82) is 0 Å². The summed E-state index contributed by atoms with van der Waals surface area (Å²) >= 11 is 3.77. The maximum atomic E-state index is 14.4. The number of fused-ring (bicyclic) bond motifs is 2. The molecule has 1 unspecified atom stereocenters. The molecular weight excluding hydrogens is 650 g/mol. The number of benzene rings is 2. The Balaban J connectivity index is 1.23. The van der Waals surface area contributed by atoms with Crippen LogP contribution in [0.3, 0.4) is 0 Å². The van der Waals surface area contributed by atoms with Crippen molar-refractivity contribution in [2.75, 3.05) is 31.1 Å². The molecule has 2 aromatic carbocycles. The zero-order chi connectivity index (χ0) is 31.9. The van der Waals surface area contributed by atoms with Gasteiger partial charge in [-0.15, -0.1) is 5.10 Å². The number of aromatic nitrogens is 2. The zero-order valence-electron chi connectivity index (χ0n) is 25.9. The van der Waals surface area contributed by atoms with E-state index in [1.165, 1.54) is 0 Å². The topological polar surface area (TPSA) is 116 Å². The van der Waals surface area contributed by atoms with Crippen LogP contribution in [-0.4, -0.2) is 75.2 Å². The summed E-state index contributed by atoms with van der Waals surface area (Å²) in [5.41, 5.74) is 4.66. The first-order chi connectivity index (χ1) is 22.3. The molecule has 1 saturated heterocycles. The van der Waals surface area contributed by atoms with E-state index < -0.39 is 23.8 Å². The van der Waals surface area contributed by atoms with E-state index in [9.17, 15) is 19.5 Å². The summed E-state index contributed by atoms with van der Waals surface area (Å²) in [6.45, 7) is 4.63. The fraction of sp³-hybridized carbons (Fsp3) is 0.457. The molecule has 0 spiro atoms. The molecule has 2 amide bonds. The van der Waals surface area contributed by atoms with Crippen molar-refractivity contribution in [3.63, 3.8) is 0 Å². The number of rotatable bonds is 7. The molecule has 46 heavy (non-hydrogen) atoms. The number of hydrogen-bond acceptors (Lipinski definition) is 7. The van der Waals surface area contributed by atoms with Crippen LogP contribution < -0.4 is 9.64 Å². The molecule has 1 N–H and O–H groups in total. The highest BCUT2D eigenvalue weighted by atomic mass is 79.9. The maximum absolute atomic E-state index is 14.4. The molecule has 4 heterocycles. The van der Waals surface area contributed by atoms with Gasteiger partial charge in [-0.25, -0.2) is 0 Å². The van der Waals surface area contributed by atoms with Crippen LogP contribution in [0.4, 0.5) is 5.82 Å². The number of halogens is 1. The predicted octanol–water partition coefficient (Wildman–Crippen LogP) is 5.18. The fourth-order valence-corrected chi connectivity index (χ4v) is 8.30. The Kier molecular flexibility index (Phi) is 8.44. The Hall–Kier alpha value is -3.99. The minimum absolute atomic E-state index is 0.0561. The van der Waals surface area contributed by atoms with E-state index in [-0.39, 0.29) is 17.9 Å². The van der Waals surface area contributed by atoms with E-state index in [0.29, 0.717) is 56.8 Å².